The molecule has 0 radical (unpaired) electrons. The summed E-state index contributed by atoms with van der Waals surface area (Å²) >= 11 is 0. The third-order valence-electron chi connectivity index (χ3n) is 4.53. The zero-order chi connectivity index (χ0) is 16.7. The molecular weight excluding hydrogens is 307 g/mol. The molecule has 0 amide bonds. The van der Waals surface area contributed by atoms with Crippen molar-refractivity contribution >= 4 is 11.0 Å². The van der Waals surface area contributed by atoms with Gasteiger partial charge in [-0.15, -0.1) is 0 Å². The molecule has 1 aliphatic rings. The summed E-state index contributed by atoms with van der Waals surface area (Å²) in [4.78, 5) is 8.07. The van der Waals surface area contributed by atoms with Gasteiger partial charge in [0, 0.05) is 18.2 Å². The fourth-order valence-corrected chi connectivity index (χ4v) is 3.25. The molecule has 6 heteroatoms. The normalized spacial score (nSPS) is 20.6. The number of imidazole rings is 1. The maximum atomic E-state index is 14.5. The van der Waals surface area contributed by atoms with Gasteiger partial charge in [-0.1, -0.05) is 12.1 Å². The van der Waals surface area contributed by atoms with Crippen molar-refractivity contribution in [1.29, 1.82) is 0 Å². The molecule has 124 valence electrons. The van der Waals surface area contributed by atoms with E-state index in [1.165, 1.54) is 18.7 Å². The summed E-state index contributed by atoms with van der Waals surface area (Å²) in [5.41, 5.74) is 10.00. The fourth-order valence-electron chi connectivity index (χ4n) is 3.25. The van der Waals surface area contributed by atoms with Crippen molar-refractivity contribution in [2.24, 2.45) is 0 Å². The number of hydrogen-bond donors (Lipinski definition) is 3. The molecule has 2 aromatic carbocycles. The maximum Gasteiger partial charge on any atom is 0.131 e. The maximum absolute atomic E-state index is 14.5. The Morgan fingerprint density at radius 1 is 1.21 bits per heavy atom. The minimum absolute atomic E-state index is 0.0144. The second-order valence-electron chi connectivity index (χ2n) is 6.14. The Balaban J connectivity index is 1.71. The van der Waals surface area contributed by atoms with Crippen molar-refractivity contribution in [2.45, 2.75) is 18.9 Å². The number of rotatable bonds is 3. The van der Waals surface area contributed by atoms with Crippen molar-refractivity contribution in [2.75, 3.05) is 13.7 Å². The minimum atomic E-state index is -0.285. The summed E-state index contributed by atoms with van der Waals surface area (Å²) in [6, 6.07) is 10.9. The summed E-state index contributed by atoms with van der Waals surface area (Å²) in [6.45, 7) is 2.73. The number of halogens is 1. The predicted molar refractivity (Wildman–Crippen MR) is 90.4 cm³/mol. The molecule has 1 aliphatic heterocycles. The fraction of sp³-hybridized carbons (Fsp3) is 0.278. The Hall–Kier alpha value is -2.44. The van der Waals surface area contributed by atoms with Crippen molar-refractivity contribution < 1.29 is 9.13 Å². The van der Waals surface area contributed by atoms with Crippen LogP contribution in [-0.2, 0) is 0 Å². The van der Waals surface area contributed by atoms with Gasteiger partial charge in [0.15, 0.2) is 0 Å². The summed E-state index contributed by atoms with van der Waals surface area (Å²) in [5.74, 6) is 1.10. The highest BCUT2D eigenvalue weighted by Crippen LogP contribution is 2.35. The van der Waals surface area contributed by atoms with Gasteiger partial charge in [0.25, 0.3) is 0 Å². The van der Waals surface area contributed by atoms with E-state index in [4.69, 9.17) is 9.72 Å². The molecule has 1 aromatic heterocycles. The summed E-state index contributed by atoms with van der Waals surface area (Å²) < 4.78 is 19.5. The number of benzene rings is 2. The van der Waals surface area contributed by atoms with Gasteiger partial charge in [0.2, 0.25) is 0 Å². The van der Waals surface area contributed by atoms with E-state index in [1.54, 1.807) is 12.1 Å². The molecule has 0 aliphatic carbocycles. The lowest BCUT2D eigenvalue weighted by atomic mass is 9.94. The van der Waals surface area contributed by atoms with Crippen LogP contribution in [0.2, 0.25) is 0 Å². The highest BCUT2D eigenvalue weighted by molar-refractivity contribution is 5.76. The van der Waals surface area contributed by atoms with Crippen LogP contribution in [0.1, 0.15) is 28.9 Å². The molecule has 24 heavy (non-hydrogen) atoms. The third kappa shape index (κ3) is 2.53. The molecule has 0 bridgehead atoms. The number of fused-ring (bicyclic) bond motifs is 1. The van der Waals surface area contributed by atoms with Crippen LogP contribution in [0.15, 0.2) is 36.4 Å². The molecule has 2 unspecified atom stereocenters. The van der Waals surface area contributed by atoms with Crippen molar-refractivity contribution in [3.05, 3.63) is 59.2 Å². The molecule has 1 fully saturated rings. The lowest BCUT2D eigenvalue weighted by Crippen LogP contribution is -2.25. The first-order valence-corrected chi connectivity index (χ1v) is 7.94. The van der Waals surface area contributed by atoms with Crippen LogP contribution < -0.4 is 15.6 Å². The van der Waals surface area contributed by atoms with Gasteiger partial charge in [0.05, 0.1) is 30.1 Å². The van der Waals surface area contributed by atoms with E-state index in [0.29, 0.717) is 17.9 Å². The number of methoxy groups -OCH3 is 1. The van der Waals surface area contributed by atoms with Gasteiger partial charge < -0.3 is 9.72 Å². The minimum Gasteiger partial charge on any atom is -0.497 e. The average Bonchev–Trinajstić information content (AvgIpc) is 3.20. The van der Waals surface area contributed by atoms with E-state index in [0.717, 1.165) is 16.9 Å². The molecule has 3 aromatic rings. The Kier molecular flexibility index (Phi) is 3.70. The molecule has 2 heterocycles. The Labute approximate surface area is 139 Å². The summed E-state index contributed by atoms with van der Waals surface area (Å²) in [5, 5.41) is 0. The van der Waals surface area contributed by atoms with E-state index in [-0.39, 0.29) is 17.8 Å². The lowest BCUT2D eigenvalue weighted by Gasteiger charge is -2.18. The smallest absolute Gasteiger partial charge is 0.131 e. The van der Waals surface area contributed by atoms with Crippen molar-refractivity contribution in [1.82, 2.24) is 20.8 Å². The molecule has 1 saturated heterocycles. The van der Waals surface area contributed by atoms with Crippen LogP contribution >= 0.6 is 0 Å². The second kappa shape index (κ2) is 5.89. The number of aromatic amines is 1. The predicted octanol–water partition coefficient (Wildman–Crippen LogP) is 2.95. The standard InChI is InChI=1S/C18H19FN4O/c1-10-3-6-15-16(7-10)22-18(21-15)13-9-20-23-17(13)12-5-4-11(24-2)8-14(12)19/h3-8,13,17,20,23H,9H2,1-2H3,(H,21,22). The number of ether oxygens (including phenoxy) is 1. The number of aryl methyl sites for hydroxylation is 1. The number of aromatic nitrogens is 2. The molecule has 2 atom stereocenters. The molecular formula is C18H19FN4O. The first kappa shape index (κ1) is 15.1. The number of hydrogen-bond acceptors (Lipinski definition) is 4. The Morgan fingerprint density at radius 3 is 2.88 bits per heavy atom. The van der Waals surface area contributed by atoms with Crippen molar-refractivity contribution in [3.8, 4) is 5.75 Å². The number of hydrazine groups is 1. The van der Waals surface area contributed by atoms with Crippen molar-refractivity contribution in [3.63, 3.8) is 0 Å². The number of nitrogens with one attached hydrogen (secondary N) is 3. The van der Waals surface area contributed by atoms with Crippen LogP contribution in [0.4, 0.5) is 4.39 Å². The first-order chi connectivity index (χ1) is 11.7. The Bertz CT molecular complexity index is 892. The lowest BCUT2D eigenvalue weighted by molar-refractivity contribution is 0.409. The second-order valence-corrected chi connectivity index (χ2v) is 6.14. The molecule has 4 rings (SSSR count). The number of nitrogens with zero attached hydrogens (tertiary/aromatic N) is 1. The molecule has 0 saturated carbocycles. The van der Waals surface area contributed by atoms with E-state index < -0.39 is 0 Å². The third-order valence-corrected chi connectivity index (χ3v) is 4.53. The summed E-state index contributed by atoms with van der Waals surface area (Å²) in [7, 11) is 1.53. The van der Waals surface area contributed by atoms with Crippen LogP contribution in [0.5, 0.6) is 5.75 Å². The molecule has 3 N–H and O–H groups in total. The largest absolute Gasteiger partial charge is 0.497 e. The van der Waals surface area contributed by atoms with Gasteiger partial charge in [-0.3, -0.25) is 5.43 Å². The van der Waals surface area contributed by atoms with E-state index >= 15 is 0 Å². The molecule has 0 spiro atoms. The quantitative estimate of drug-likeness (QED) is 0.692. The van der Waals surface area contributed by atoms with Gasteiger partial charge >= 0.3 is 0 Å². The van der Waals surface area contributed by atoms with Crippen LogP contribution in [0.3, 0.4) is 0 Å². The zero-order valence-electron chi connectivity index (χ0n) is 13.6. The number of H-pyrrole nitrogens is 1. The monoisotopic (exact) mass is 326 g/mol. The Morgan fingerprint density at radius 2 is 2.08 bits per heavy atom. The van der Waals surface area contributed by atoms with Gasteiger partial charge in [-0.05, 0) is 30.7 Å². The highest BCUT2D eigenvalue weighted by atomic mass is 19.1. The first-order valence-electron chi connectivity index (χ1n) is 7.94. The van der Waals surface area contributed by atoms with Crippen LogP contribution in [0, 0.1) is 12.7 Å². The van der Waals surface area contributed by atoms with E-state index in [1.807, 2.05) is 19.1 Å². The van der Waals surface area contributed by atoms with Gasteiger partial charge in [-0.25, -0.2) is 14.8 Å². The highest BCUT2D eigenvalue weighted by Gasteiger charge is 2.33. The molecule has 5 nitrogen and oxygen atoms in total. The van der Waals surface area contributed by atoms with Crippen LogP contribution in [-0.4, -0.2) is 23.6 Å². The average molecular weight is 326 g/mol. The summed E-state index contributed by atoms with van der Waals surface area (Å²) in [6.07, 6.45) is 0. The van der Waals surface area contributed by atoms with Gasteiger partial charge in [0.1, 0.15) is 17.4 Å². The van der Waals surface area contributed by atoms with E-state index in [9.17, 15) is 4.39 Å². The van der Waals surface area contributed by atoms with E-state index in [2.05, 4.69) is 21.9 Å². The topological polar surface area (TPSA) is 62.0 Å². The zero-order valence-corrected chi connectivity index (χ0v) is 13.6. The van der Waals surface area contributed by atoms with Gasteiger partial charge in [-0.2, -0.15) is 0 Å². The van der Waals surface area contributed by atoms with Crippen LogP contribution in [0.25, 0.3) is 11.0 Å². The SMILES string of the molecule is COc1ccc(C2NNCC2c2nc3ccc(C)cc3[nH]2)c(F)c1.